The van der Waals surface area contributed by atoms with Crippen LogP contribution in [0.3, 0.4) is 0 Å². The van der Waals surface area contributed by atoms with Gasteiger partial charge in [-0.25, -0.2) is 13.2 Å². The number of nitrogens with one attached hydrogen (secondary N) is 3. The molecule has 50 heavy (non-hydrogen) atoms. The number of halogens is 2. The van der Waals surface area contributed by atoms with Gasteiger partial charge in [-0.05, 0) is 45.4 Å². The number of likely N-dealkylation sites (N-methyl/N-ethyl adjacent to an activating group) is 1. The van der Waals surface area contributed by atoms with E-state index in [2.05, 4.69) is 22.5 Å². The zero-order valence-electron chi connectivity index (χ0n) is 30.9. The van der Waals surface area contributed by atoms with Crippen LogP contribution < -0.4 is 16.0 Å². The SMILES string of the molecule is C=CCN(C)C(=O)C(=O)C(CCCC)NC(=O)[C@@H]1C2C(CN1C(=O)[C@@H](NC(=O)NC1(CS(=O)(=O)C(C)(C)C)CCCCC1)C(C)(C)C)C2(Cl)Cl. The predicted octanol–water partition coefficient (Wildman–Crippen LogP) is 4.14. The maximum absolute atomic E-state index is 14.4. The Morgan fingerprint density at radius 2 is 1.62 bits per heavy atom. The van der Waals surface area contributed by atoms with Crippen LogP contribution in [0.15, 0.2) is 12.7 Å². The van der Waals surface area contributed by atoms with Gasteiger partial charge in [-0.1, -0.05) is 65.9 Å². The summed E-state index contributed by atoms with van der Waals surface area (Å²) < 4.78 is 24.3. The predicted molar refractivity (Wildman–Crippen MR) is 195 cm³/mol. The molecule has 284 valence electrons. The van der Waals surface area contributed by atoms with Crippen molar-refractivity contribution in [2.75, 3.05) is 25.9 Å². The van der Waals surface area contributed by atoms with Gasteiger partial charge in [0.1, 0.15) is 16.4 Å². The topological polar surface area (TPSA) is 162 Å². The molecule has 12 nitrogen and oxygen atoms in total. The molecule has 2 aliphatic carbocycles. The van der Waals surface area contributed by atoms with Gasteiger partial charge < -0.3 is 25.8 Å². The van der Waals surface area contributed by atoms with Gasteiger partial charge in [0.15, 0.2) is 9.84 Å². The van der Waals surface area contributed by atoms with Crippen molar-refractivity contribution in [1.29, 1.82) is 0 Å². The Morgan fingerprint density at radius 1 is 1.02 bits per heavy atom. The van der Waals surface area contributed by atoms with Crippen LogP contribution in [0.5, 0.6) is 0 Å². The number of unbranched alkanes of at least 4 members (excludes halogenated alkanes) is 1. The zero-order chi connectivity index (χ0) is 38.0. The van der Waals surface area contributed by atoms with Gasteiger partial charge in [-0.3, -0.25) is 19.2 Å². The van der Waals surface area contributed by atoms with Gasteiger partial charge in [0.05, 0.1) is 22.1 Å². The van der Waals surface area contributed by atoms with Gasteiger partial charge in [-0.15, -0.1) is 29.8 Å². The van der Waals surface area contributed by atoms with E-state index < -0.39 is 89.4 Å². The molecule has 3 N–H and O–H groups in total. The van der Waals surface area contributed by atoms with Crippen molar-refractivity contribution in [3.05, 3.63) is 12.7 Å². The Balaban J connectivity index is 1.87. The van der Waals surface area contributed by atoms with Crippen LogP contribution in [0.4, 0.5) is 4.79 Å². The number of sulfone groups is 1. The number of amides is 5. The van der Waals surface area contributed by atoms with E-state index in [9.17, 15) is 32.4 Å². The number of hydrogen-bond acceptors (Lipinski definition) is 7. The molecule has 5 amide bonds. The summed E-state index contributed by atoms with van der Waals surface area (Å²) in [6.07, 6.45) is 6.39. The van der Waals surface area contributed by atoms with Crippen LogP contribution in [0, 0.1) is 17.3 Å². The molecule has 1 saturated heterocycles. The number of ketones is 1. The second-order valence-corrected chi connectivity index (χ2v) is 20.6. The van der Waals surface area contributed by atoms with Crippen molar-refractivity contribution in [3.63, 3.8) is 0 Å². The summed E-state index contributed by atoms with van der Waals surface area (Å²) in [7, 11) is -2.12. The molecular formula is C35H57Cl2N5O7S. The summed E-state index contributed by atoms with van der Waals surface area (Å²) in [5, 5.41) is 8.51. The molecule has 1 heterocycles. The quantitative estimate of drug-likeness (QED) is 0.136. The molecule has 3 fully saturated rings. The summed E-state index contributed by atoms with van der Waals surface area (Å²) in [6, 6.07) is -4.08. The number of fused-ring (bicyclic) bond motifs is 1. The molecule has 2 saturated carbocycles. The second kappa shape index (κ2) is 15.7. The number of nitrogens with zero attached hydrogens (tertiary/aromatic N) is 2. The van der Waals surface area contributed by atoms with Crippen molar-refractivity contribution in [3.8, 4) is 0 Å². The van der Waals surface area contributed by atoms with E-state index in [4.69, 9.17) is 23.2 Å². The van der Waals surface area contributed by atoms with Crippen molar-refractivity contribution < 1.29 is 32.4 Å². The first-order chi connectivity index (χ1) is 22.9. The van der Waals surface area contributed by atoms with Crippen molar-refractivity contribution in [2.45, 2.75) is 133 Å². The van der Waals surface area contributed by atoms with Crippen molar-refractivity contribution in [2.24, 2.45) is 17.3 Å². The van der Waals surface area contributed by atoms with Crippen LogP contribution >= 0.6 is 23.2 Å². The number of hydrogen-bond donors (Lipinski definition) is 3. The number of piperidine rings is 1. The standard InChI is InChI=1S/C35H57Cl2N5O7S/c1-10-12-16-23(26(43)29(45)41(9)19-11-2)38-28(44)25-24-22(35(24,36)37)20-42(25)30(46)27(32(3,4)5)39-31(47)40-34(17-14-13-15-18-34)21-50(48,49)33(6,7)8/h11,22-25,27H,2,10,12-21H2,1,3-9H3,(H,38,44)(H2,39,40,47)/t22?,23?,24?,25-,27+/m0/s1. The lowest BCUT2D eigenvalue weighted by Gasteiger charge is -2.41. The number of Topliss-reactive ketones (excluding diaryl/α,β-unsaturated/α-hetero) is 1. The Hall–Kier alpha value is -2.38. The summed E-state index contributed by atoms with van der Waals surface area (Å²) in [5.74, 6) is -4.01. The maximum Gasteiger partial charge on any atom is 0.315 e. The Labute approximate surface area is 308 Å². The maximum atomic E-state index is 14.4. The number of rotatable bonds is 14. The molecule has 3 aliphatic rings. The van der Waals surface area contributed by atoms with Gasteiger partial charge >= 0.3 is 6.03 Å². The molecular weight excluding hydrogens is 705 g/mol. The summed E-state index contributed by atoms with van der Waals surface area (Å²) in [4.78, 5) is 70.9. The van der Waals surface area contributed by atoms with Crippen molar-refractivity contribution >= 4 is 62.6 Å². The zero-order valence-corrected chi connectivity index (χ0v) is 33.2. The van der Waals surface area contributed by atoms with Gasteiger partial charge in [0, 0.05) is 32.0 Å². The van der Waals surface area contributed by atoms with Crippen LogP contribution in [-0.4, -0.2) is 106 Å². The Bertz CT molecular complexity index is 1430. The van der Waals surface area contributed by atoms with E-state index in [1.165, 1.54) is 22.9 Å². The van der Waals surface area contributed by atoms with Gasteiger partial charge in [0.25, 0.3) is 5.91 Å². The van der Waals surface area contributed by atoms with E-state index in [1.54, 1.807) is 41.5 Å². The fourth-order valence-corrected chi connectivity index (χ4v) is 9.37. The number of carbonyl (C=O) groups is 5. The highest BCUT2D eigenvalue weighted by molar-refractivity contribution is 7.92. The van der Waals surface area contributed by atoms with Crippen LogP contribution in [0.2, 0.25) is 0 Å². The number of carbonyl (C=O) groups excluding carboxylic acids is 5. The highest BCUT2D eigenvalue weighted by Gasteiger charge is 2.74. The normalized spacial score (nSPS) is 23.9. The summed E-state index contributed by atoms with van der Waals surface area (Å²) in [6.45, 7) is 16.0. The first-order valence-electron chi connectivity index (χ1n) is 17.6. The monoisotopic (exact) mass is 761 g/mol. The molecule has 5 atom stereocenters. The fraction of sp³-hybridized carbons (Fsp3) is 0.800. The molecule has 0 aromatic carbocycles. The Kier molecular flexibility index (Phi) is 13.2. The highest BCUT2D eigenvalue weighted by atomic mass is 35.5. The van der Waals surface area contributed by atoms with Crippen LogP contribution in [-0.2, 0) is 29.0 Å². The fourth-order valence-electron chi connectivity index (χ4n) is 7.02. The molecule has 0 aromatic rings. The van der Waals surface area contributed by atoms with Crippen LogP contribution in [0.25, 0.3) is 0 Å². The number of alkyl halides is 2. The first kappa shape index (κ1) is 42.0. The van der Waals surface area contributed by atoms with Crippen molar-refractivity contribution in [1.82, 2.24) is 25.8 Å². The third kappa shape index (κ3) is 9.34. The average Bonchev–Trinajstić information content (AvgIpc) is 3.31. The minimum atomic E-state index is -3.59. The minimum Gasteiger partial charge on any atom is -0.344 e. The molecule has 1 aliphatic heterocycles. The second-order valence-electron chi connectivity index (χ2n) is 16.4. The lowest BCUT2D eigenvalue weighted by Crippen LogP contribution is -2.64. The number of urea groups is 1. The van der Waals surface area contributed by atoms with E-state index >= 15 is 0 Å². The third-order valence-corrected chi connectivity index (χ3v) is 14.2. The molecule has 15 heteroatoms. The molecule has 0 radical (unpaired) electrons. The molecule has 3 unspecified atom stereocenters. The largest absolute Gasteiger partial charge is 0.344 e. The Morgan fingerprint density at radius 3 is 2.14 bits per heavy atom. The van der Waals surface area contributed by atoms with Gasteiger partial charge in [0.2, 0.25) is 17.6 Å². The van der Waals surface area contributed by atoms with Crippen LogP contribution in [0.1, 0.15) is 99.8 Å². The number of likely N-dealkylation sites (tertiary alicyclic amines) is 1. The van der Waals surface area contributed by atoms with E-state index in [0.717, 1.165) is 19.3 Å². The van der Waals surface area contributed by atoms with E-state index in [-0.39, 0.29) is 25.3 Å². The molecule has 0 spiro atoms. The summed E-state index contributed by atoms with van der Waals surface area (Å²) in [5.41, 5.74) is -1.83. The van der Waals surface area contributed by atoms with Gasteiger partial charge in [-0.2, -0.15) is 0 Å². The molecule has 3 rings (SSSR count). The molecule has 0 bridgehead atoms. The first-order valence-corrected chi connectivity index (χ1v) is 20.0. The average molecular weight is 763 g/mol. The lowest BCUT2D eigenvalue weighted by molar-refractivity contribution is -0.147. The minimum absolute atomic E-state index is 0.0484. The summed E-state index contributed by atoms with van der Waals surface area (Å²) >= 11 is 13.1. The lowest BCUT2D eigenvalue weighted by atomic mass is 9.83. The smallest absolute Gasteiger partial charge is 0.315 e. The highest BCUT2D eigenvalue weighted by Crippen LogP contribution is 2.65. The molecule has 0 aromatic heterocycles. The van der Waals surface area contributed by atoms with E-state index in [0.29, 0.717) is 25.7 Å². The van der Waals surface area contributed by atoms with E-state index in [1.807, 2.05) is 6.92 Å². The third-order valence-electron chi connectivity index (χ3n) is 10.3.